The minimum atomic E-state index is 0. The summed E-state index contributed by atoms with van der Waals surface area (Å²) < 4.78 is 9.82. The summed E-state index contributed by atoms with van der Waals surface area (Å²) in [6, 6.07) is 0. The van der Waals surface area contributed by atoms with E-state index in [4.69, 9.17) is 15.2 Å². The molecule has 0 aliphatic rings. The predicted molar refractivity (Wildman–Crippen MR) is 70.3 cm³/mol. The molecule has 0 aromatic carbocycles. The van der Waals surface area contributed by atoms with Gasteiger partial charge in [0.15, 0.2) is 5.70 Å². The molecular weight excluding hydrogens is 206 g/mol. The van der Waals surface area contributed by atoms with Gasteiger partial charge in [-0.1, -0.05) is 13.5 Å². The summed E-state index contributed by atoms with van der Waals surface area (Å²) in [5.74, 6) is 0.790. The molecule has 96 valence electrons. The molecule has 0 bridgehead atoms. The average Bonchev–Trinajstić information content (AvgIpc) is 2.22. The molecule has 0 fully saturated rings. The molecule has 0 atom stereocenters. The van der Waals surface area contributed by atoms with Gasteiger partial charge >= 0.3 is 0 Å². The van der Waals surface area contributed by atoms with Crippen molar-refractivity contribution in [2.24, 2.45) is 10.7 Å². The van der Waals surface area contributed by atoms with Crippen LogP contribution < -0.4 is 11.1 Å². The van der Waals surface area contributed by atoms with Crippen molar-refractivity contribution < 1.29 is 9.47 Å². The Hall–Kier alpha value is -1.65. The molecule has 0 amide bonds. The summed E-state index contributed by atoms with van der Waals surface area (Å²) in [4.78, 5) is 3.81. The monoisotopic (exact) mass is 231 g/mol. The van der Waals surface area contributed by atoms with Gasteiger partial charge in [0.1, 0.15) is 0 Å². The lowest BCUT2D eigenvalue weighted by Crippen LogP contribution is -2.22. The minimum absolute atomic E-state index is 0. The highest BCUT2D eigenvalue weighted by Crippen LogP contribution is 1.98. The fraction of sp³-hybridized carbons (Fsp3) is 0.545. The van der Waals surface area contributed by atoms with Crippen molar-refractivity contribution in [1.29, 1.82) is 0 Å². The maximum absolute atomic E-state index is 5.64. The van der Waals surface area contributed by atoms with Crippen LogP contribution in [0.3, 0.4) is 0 Å². The number of ether oxygens (including phenoxy) is 2. The van der Waals surface area contributed by atoms with E-state index >= 15 is 0 Å². The van der Waals surface area contributed by atoms with E-state index in [1.807, 2.05) is 6.92 Å². The van der Waals surface area contributed by atoms with Gasteiger partial charge in [0.25, 0.3) is 0 Å². The summed E-state index contributed by atoms with van der Waals surface area (Å²) >= 11 is 0. The molecule has 5 nitrogen and oxygen atoms in total. The summed E-state index contributed by atoms with van der Waals surface area (Å²) in [6.07, 6.45) is 1.75. The molecule has 0 aliphatic heterocycles. The number of nitrogens with zero attached hydrogens (tertiary/aromatic N) is 1. The summed E-state index contributed by atoms with van der Waals surface area (Å²) in [5.41, 5.74) is 5.99. The second-order valence-electron chi connectivity index (χ2n) is 2.34. The van der Waals surface area contributed by atoms with E-state index in [1.165, 1.54) is 14.2 Å². The smallest absolute Gasteiger partial charge is 0.237 e. The molecule has 5 heteroatoms. The molecule has 0 aromatic heterocycles. The standard InChI is InChI=1S/C7H15N3O2.C3H6.CH4/c1-9-6(11-3)5(8)7(10-2)12-4;1-3-2;/h9H,8H2,1-4H3;3H,1H2,2H3;1H4/b6-5-,10-7?;;. The maximum Gasteiger partial charge on any atom is 0.237 e. The van der Waals surface area contributed by atoms with E-state index in [1.54, 1.807) is 20.2 Å². The van der Waals surface area contributed by atoms with Crippen molar-refractivity contribution in [1.82, 2.24) is 5.32 Å². The number of nitrogens with two attached hydrogens (primary N) is 1. The minimum Gasteiger partial charge on any atom is -0.481 e. The molecule has 0 radical (unpaired) electrons. The Kier molecular flexibility index (Phi) is 16.6. The predicted octanol–water partition coefficient (Wildman–Crippen LogP) is 1.48. The van der Waals surface area contributed by atoms with Crippen LogP contribution >= 0.6 is 0 Å². The number of nitrogens with one attached hydrogen (secondary N) is 1. The topological polar surface area (TPSA) is 68.9 Å². The Balaban J connectivity index is -0.000000377. The molecule has 3 N–H and O–H groups in total. The summed E-state index contributed by atoms with van der Waals surface area (Å²) in [6.45, 7) is 5.25. The van der Waals surface area contributed by atoms with Crippen LogP contribution in [0.25, 0.3) is 0 Å². The van der Waals surface area contributed by atoms with Gasteiger partial charge in [-0.05, 0) is 6.92 Å². The highest BCUT2D eigenvalue weighted by molar-refractivity contribution is 5.92. The first-order chi connectivity index (χ1) is 7.12. The zero-order valence-corrected chi connectivity index (χ0v) is 10.1. The second-order valence-corrected chi connectivity index (χ2v) is 2.34. The molecule has 0 saturated heterocycles. The molecule has 0 saturated carbocycles. The number of hydrogen-bond acceptors (Lipinski definition) is 5. The van der Waals surface area contributed by atoms with E-state index in [-0.39, 0.29) is 7.43 Å². The Morgan fingerprint density at radius 1 is 1.38 bits per heavy atom. The van der Waals surface area contributed by atoms with Crippen LogP contribution in [0.15, 0.2) is 29.2 Å². The Morgan fingerprint density at radius 2 is 1.81 bits per heavy atom. The lowest BCUT2D eigenvalue weighted by atomic mass is 10.4. The first-order valence-electron chi connectivity index (χ1n) is 4.42. The van der Waals surface area contributed by atoms with Crippen LogP contribution in [0.2, 0.25) is 0 Å². The van der Waals surface area contributed by atoms with Crippen molar-refractivity contribution in [2.75, 3.05) is 28.3 Å². The number of allylic oxidation sites excluding steroid dienone is 1. The van der Waals surface area contributed by atoms with Crippen molar-refractivity contribution >= 4 is 5.90 Å². The van der Waals surface area contributed by atoms with Gasteiger partial charge in [-0.2, -0.15) is 0 Å². The van der Waals surface area contributed by atoms with Crippen molar-refractivity contribution in [2.45, 2.75) is 14.4 Å². The highest BCUT2D eigenvalue weighted by Gasteiger charge is 2.08. The fourth-order valence-corrected chi connectivity index (χ4v) is 0.766. The third-order valence-corrected chi connectivity index (χ3v) is 1.30. The lowest BCUT2D eigenvalue weighted by molar-refractivity contribution is 0.262. The van der Waals surface area contributed by atoms with Crippen LogP contribution in [-0.4, -0.2) is 34.2 Å². The lowest BCUT2D eigenvalue weighted by Gasteiger charge is -2.10. The molecule has 0 aromatic rings. The van der Waals surface area contributed by atoms with Crippen LogP contribution in [0.5, 0.6) is 0 Å². The third kappa shape index (κ3) is 7.73. The van der Waals surface area contributed by atoms with Gasteiger partial charge in [-0.3, -0.25) is 4.99 Å². The highest BCUT2D eigenvalue weighted by atomic mass is 16.5. The van der Waals surface area contributed by atoms with Crippen LogP contribution in [0.1, 0.15) is 14.4 Å². The molecule has 0 aliphatic carbocycles. The van der Waals surface area contributed by atoms with E-state index < -0.39 is 0 Å². The van der Waals surface area contributed by atoms with Crippen LogP contribution in [0, 0.1) is 0 Å². The molecule has 0 spiro atoms. The Morgan fingerprint density at radius 3 is 2.00 bits per heavy atom. The van der Waals surface area contributed by atoms with Crippen LogP contribution in [0.4, 0.5) is 0 Å². The zero-order chi connectivity index (χ0) is 12.3. The van der Waals surface area contributed by atoms with Crippen molar-refractivity contribution in [3.05, 3.63) is 24.2 Å². The number of methoxy groups -OCH3 is 2. The first kappa shape index (κ1) is 19.9. The number of rotatable bonds is 3. The number of aliphatic imine (C=N–C) groups is 1. The largest absolute Gasteiger partial charge is 0.481 e. The Bertz CT molecular complexity index is 229. The molecule has 0 unspecified atom stereocenters. The fourth-order valence-electron chi connectivity index (χ4n) is 0.766. The SMILES string of the molecule is C.C=CC.CN=C(OC)/C(N)=C(\NC)OC. The van der Waals surface area contributed by atoms with Gasteiger partial charge in [0, 0.05) is 14.1 Å². The average molecular weight is 231 g/mol. The van der Waals surface area contributed by atoms with Crippen molar-refractivity contribution in [3.8, 4) is 0 Å². The quantitative estimate of drug-likeness (QED) is 0.334. The normalized spacial score (nSPS) is 10.9. The molecule has 0 heterocycles. The van der Waals surface area contributed by atoms with Gasteiger partial charge in [0.05, 0.1) is 14.2 Å². The van der Waals surface area contributed by atoms with Gasteiger partial charge < -0.3 is 20.5 Å². The third-order valence-electron chi connectivity index (χ3n) is 1.30. The van der Waals surface area contributed by atoms with Crippen molar-refractivity contribution in [3.63, 3.8) is 0 Å². The van der Waals surface area contributed by atoms with E-state index in [0.717, 1.165) is 0 Å². The Labute approximate surface area is 99.0 Å². The summed E-state index contributed by atoms with van der Waals surface area (Å²) in [5, 5.41) is 2.77. The van der Waals surface area contributed by atoms with E-state index in [0.29, 0.717) is 17.5 Å². The maximum atomic E-state index is 5.64. The molecule has 0 rings (SSSR count). The number of hydrogen-bond donors (Lipinski definition) is 2. The van der Waals surface area contributed by atoms with Gasteiger partial charge in [-0.15, -0.1) is 6.58 Å². The molecule has 16 heavy (non-hydrogen) atoms. The van der Waals surface area contributed by atoms with Crippen LogP contribution in [-0.2, 0) is 9.47 Å². The van der Waals surface area contributed by atoms with E-state index in [9.17, 15) is 0 Å². The zero-order valence-electron chi connectivity index (χ0n) is 10.1. The second kappa shape index (κ2) is 13.4. The van der Waals surface area contributed by atoms with E-state index in [2.05, 4.69) is 16.9 Å². The van der Waals surface area contributed by atoms with Gasteiger partial charge in [0.2, 0.25) is 11.8 Å². The summed E-state index contributed by atoms with van der Waals surface area (Å²) in [7, 11) is 6.31. The first-order valence-corrected chi connectivity index (χ1v) is 4.42. The van der Waals surface area contributed by atoms with Gasteiger partial charge in [-0.25, -0.2) is 0 Å². The molecular formula is C11H25N3O2.